The van der Waals surface area contributed by atoms with Crippen LogP contribution in [0.25, 0.3) is 0 Å². The summed E-state index contributed by atoms with van der Waals surface area (Å²) in [7, 11) is 0. The molecule has 1 fully saturated rings. The molecule has 22 heavy (non-hydrogen) atoms. The van der Waals surface area contributed by atoms with Gasteiger partial charge in [-0.05, 0) is 37.9 Å². The van der Waals surface area contributed by atoms with Gasteiger partial charge in [-0.3, -0.25) is 4.79 Å². The first kappa shape index (κ1) is 19.3. The number of nitrogens with one attached hydrogen (secondary N) is 2. The molecule has 1 aromatic rings. The Kier molecular flexibility index (Phi) is 8.83. The van der Waals surface area contributed by atoms with Gasteiger partial charge in [-0.1, -0.05) is 18.2 Å². The molecule has 124 valence electrons. The van der Waals surface area contributed by atoms with Crippen molar-refractivity contribution in [2.45, 2.75) is 31.6 Å². The number of thioether (sulfide) groups is 1. The maximum Gasteiger partial charge on any atom is 0.223 e. The third-order valence-corrected chi connectivity index (χ3v) is 4.76. The molecule has 1 aromatic carbocycles. The van der Waals surface area contributed by atoms with E-state index in [-0.39, 0.29) is 30.0 Å². The van der Waals surface area contributed by atoms with Gasteiger partial charge in [0.15, 0.2) is 0 Å². The second-order valence-corrected chi connectivity index (χ2v) is 6.62. The number of carbonyl (C=O) groups excluding carboxylic acids is 1. The van der Waals surface area contributed by atoms with Gasteiger partial charge in [-0.15, -0.1) is 12.4 Å². The van der Waals surface area contributed by atoms with E-state index in [2.05, 4.69) is 17.6 Å². The van der Waals surface area contributed by atoms with Gasteiger partial charge in [0.2, 0.25) is 5.91 Å². The molecule has 0 spiro atoms. The van der Waals surface area contributed by atoms with Crippen LogP contribution in [-0.2, 0) is 10.5 Å². The van der Waals surface area contributed by atoms with Crippen LogP contribution in [0.3, 0.4) is 0 Å². The molecule has 0 radical (unpaired) electrons. The third kappa shape index (κ3) is 6.15. The smallest absolute Gasteiger partial charge is 0.223 e. The summed E-state index contributed by atoms with van der Waals surface area (Å²) in [6, 6.07) is 7.25. The quantitative estimate of drug-likeness (QED) is 0.778. The zero-order valence-electron chi connectivity index (χ0n) is 12.8. The zero-order chi connectivity index (χ0) is 15.1. The fraction of sp³-hybridized carbons (Fsp3) is 0.562. The minimum Gasteiger partial charge on any atom is -0.355 e. The Morgan fingerprint density at radius 1 is 1.45 bits per heavy atom. The van der Waals surface area contributed by atoms with Crippen molar-refractivity contribution in [3.63, 3.8) is 0 Å². The van der Waals surface area contributed by atoms with Crippen LogP contribution in [0.4, 0.5) is 4.39 Å². The number of rotatable bonds is 6. The van der Waals surface area contributed by atoms with Gasteiger partial charge in [0.1, 0.15) is 5.82 Å². The first-order valence-electron chi connectivity index (χ1n) is 7.49. The third-order valence-electron chi connectivity index (χ3n) is 3.76. The summed E-state index contributed by atoms with van der Waals surface area (Å²) in [5.41, 5.74) is 0.723. The summed E-state index contributed by atoms with van der Waals surface area (Å²) in [4.78, 5) is 12.0. The monoisotopic (exact) mass is 346 g/mol. The first-order chi connectivity index (χ1) is 10.2. The summed E-state index contributed by atoms with van der Waals surface area (Å²) < 4.78 is 13.4. The largest absolute Gasteiger partial charge is 0.355 e. The molecule has 0 bridgehead atoms. The lowest BCUT2D eigenvalue weighted by atomic mass is 9.92. The Balaban J connectivity index is 0.00000242. The first-order valence-corrected chi connectivity index (χ1v) is 8.64. The minimum absolute atomic E-state index is 0. The lowest BCUT2D eigenvalue weighted by Gasteiger charge is -2.27. The van der Waals surface area contributed by atoms with Crippen molar-refractivity contribution in [1.82, 2.24) is 10.6 Å². The SMILES string of the molecule is C[C@H]1C[C@@H](C(=O)NCCSCc2ccccc2F)CCN1.Cl. The van der Waals surface area contributed by atoms with E-state index in [1.54, 1.807) is 23.9 Å². The van der Waals surface area contributed by atoms with Crippen LogP contribution >= 0.6 is 24.2 Å². The molecule has 1 saturated heterocycles. The Labute approximate surface area is 142 Å². The molecular formula is C16H24ClFN2OS. The number of benzene rings is 1. The van der Waals surface area contributed by atoms with Crippen LogP contribution in [0.2, 0.25) is 0 Å². The molecule has 0 unspecified atom stereocenters. The van der Waals surface area contributed by atoms with E-state index in [0.29, 0.717) is 18.3 Å². The number of amides is 1. The maximum atomic E-state index is 13.4. The fourth-order valence-corrected chi connectivity index (χ4v) is 3.40. The van der Waals surface area contributed by atoms with Crippen molar-refractivity contribution in [2.75, 3.05) is 18.8 Å². The second-order valence-electron chi connectivity index (χ2n) is 5.51. The van der Waals surface area contributed by atoms with Gasteiger partial charge in [0.25, 0.3) is 0 Å². The number of hydrogen-bond donors (Lipinski definition) is 2. The van der Waals surface area contributed by atoms with Gasteiger partial charge in [-0.25, -0.2) is 4.39 Å². The van der Waals surface area contributed by atoms with Crippen LogP contribution in [0.15, 0.2) is 24.3 Å². The van der Waals surface area contributed by atoms with Crippen molar-refractivity contribution in [1.29, 1.82) is 0 Å². The average molecular weight is 347 g/mol. The van der Waals surface area contributed by atoms with E-state index in [4.69, 9.17) is 0 Å². The van der Waals surface area contributed by atoms with Gasteiger partial charge in [0, 0.05) is 30.0 Å². The molecule has 0 aliphatic carbocycles. The Hall–Kier alpha value is -0.780. The Morgan fingerprint density at radius 3 is 2.95 bits per heavy atom. The Morgan fingerprint density at radius 2 is 2.23 bits per heavy atom. The molecule has 1 aliphatic rings. The molecule has 1 aliphatic heterocycles. The van der Waals surface area contributed by atoms with E-state index >= 15 is 0 Å². The lowest BCUT2D eigenvalue weighted by molar-refractivity contribution is -0.125. The highest BCUT2D eigenvalue weighted by molar-refractivity contribution is 7.98. The molecule has 0 saturated carbocycles. The lowest BCUT2D eigenvalue weighted by Crippen LogP contribution is -2.42. The van der Waals surface area contributed by atoms with Crippen LogP contribution in [-0.4, -0.2) is 30.8 Å². The van der Waals surface area contributed by atoms with Crippen molar-refractivity contribution in [3.05, 3.63) is 35.6 Å². The van der Waals surface area contributed by atoms with E-state index in [9.17, 15) is 9.18 Å². The van der Waals surface area contributed by atoms with E-state index in [0.717, 1.165) is 30.7 Å². The van der Waals surface area contributed by atoms with Crippen molar-refractivity contribution >= 4 is 30.1 Å². The predicted octanol–water partition coefficient (Wildman–Crippen LogP) is 2.99. The highest BCUT2D eigenvalue weighted by atomic mass is 35.5. The number of piperidine rings is 1. The molecule has 6 heteroatoms. The summed E-state index contributed by atoms with van der Waals surface area (Å²) >= 11 is 1.64. The molecule has 2 N–H and O–H groups in total. The van der Waals surface area contributed by atoms with Crippen molar-refractivity contribution < 1.29 is 9.18 Å². The standard InChI is InChI=1S/C16H23FN2OS.ClH/c1-12-10-13(6-7-18-12)16(20)19-8-9-21-11-14-4-2-3-5-15(14)17;/h2-5,12-13,18H,6-11H2,1H3,(H,19,20);1H/t12-,13-;/m0./s1. The number of carbonyl (C=O) groups is 1. The zero-order valence-corrected chi connectivity index (χ0v) is 14.4. The molecule has 2 atom stereocenters. The van der Waals surface area contributed by atoms with Gasteiger partial charge >= 0.3 is 0 Å². The predicted molar refractivity (Wildman–Crippen MR) is 93.0 cm³/mol. The highest BCUT2D eigenvalue weighted by Crippen LogP contribution is 2.17. The summed E-state index contributed by atoms with van der Waals surface area (Å²) in [5.74, 6) is 1.60. The van der Waals surface area contributed by atoms with E-state index < -0.39 is 0 Å². The van der Waals surface area contributed by atoms with Crippen molar-refractivity contribution in [2.24, 2.45) is 5.92 Å². The van der Waals surface area contributed by atoms with E-state index in [1.165, 1.54) is 6.07 Å². The molecule has 3 nitrogen and oxygen atoms in total. The minimum atomic E-state index is -0.155. The van der Waals surface area contributed by atoms with Crippen LogP contribution < -0.4 is 10.6 Å². The van der Waals surface area contributed by atoms with Gasteiger partial charge in [0.05, 0.1) is 0 Å². The molecule has 0 aromatic heterocycles. The van der Waals surface area contributed by atoms with Crippen LogP contribution in [0.5, 0.6) is 0 Å². The molecule has 1 heterocycles. The van der Waals surface area contributed by atoms with Crippen LogP contribution in [0, 0.1) is 11.7 Å². The number of halogens is 2. The van der Waals surface area contributed by atoms with E-state index in [1.807, 2.05) is 6.07 Å². The molecule has 2 rings (SSSR count). The Bertz CT molecular complexity index is 475. The average Bonchev–Trinajstić information content (AvgIpc) is 2.48. The van der Waals surface area contributed by atoms with Gasteiger partial charge < -0.3 is 10.6 Å². The summed E-state index contributed by atoms with van der Waals surface area (Å²) in [6.07, 6.45) is 1.83. The van der Waals surface area contributed by atoms with Crippen molar-refractivity contribution in [3.8, 4) is 0 Å². The van der Waals surface area contributed by atoms with Crippen LogP contribution in [0.1, 0.15) is 25.3 Å². The maximum absolute atomic E-state index is 13.4. The topological polar surface area (TPSA) is 41.1 Å². The second kappa shape index (κ2) is 10.1. The summed E-state index contributed by atoms with van der Waals surface area (Å²) in [5, 5.41) is 6.34. The normalized spacial score (nSPS) is 21.0. The van der Waals surface area contributed by atoms with Gasteiger partial charge in [-0.2, -0.15) is 11.8 Å². The fourth-order valence-electron chi connectivity index (χ4n) is 2.56. The summed E-state index contributed by atoms with van der Waals surface area (Å²) in [6.45, 7) is 3.68. The highest BCUT2D eigenvalue weighted by Gasteiger charge is 2.24. The molecular weight excluding hydrogens is 323 g/mol. The molecule has 1 amide bonds. The number of hydrogen-bond acceptors (Lipinski definition) is 3.